The summed E-state index contributed by atoms with van der Waals surface area (Å²) in [6.07, 6.45) is 6.56. The van der Waals surface area contributed by atoms with Crippen molar-refractivity contribution in [2.24, 2.45) is 0 Å². The van der Waals surface area contributed by atoms with Gasteiger partial charge in [-0.2, -0.15) is 0 Å². The van der Waals surface area contributed by atoms with E-state index in [2.05, 4.69) is 51.6 Å². The van der Waals surface area contributed by atoms with Gasteiger partial charge < -0.3 is 4.43 Å². The normalized spacial score (nSPS) is 12.7. The fraction of sp³-hybridized carbons (Fsp3) is 0.476. The van der Waals surface area contributed by atoms with E-state index in [1.54, 1.807) is 13.0 Å². The number of hydrogen-bond acceptors (Lipinski definition) is 2. The van der Waals surface area contributed by atoms with Crippen molar-refractivity contribution in [3.05, 3.63) is 35.4 Å². The molecule has 1 atom stereocenters. The summed E-state index contributed by atoms with van der Waals surface area (Å²) in [5.41, 5.74) is 1.42. The predicted molar refractivity (Wildman–Crippen MR) is 103 cm³/mol. The molecule has 0 fully saturated rings. The number of hydrogen-bond donors (Lipinski definition) is 0. The van der Waals surface area contributed by atoms with E-state index in [9.17, 15) is 4.79 Å². The minimum atomic E-state index is -1.88. The molecule has 3 heteroatoms. The minimum absolute atomic E-state index is 0.0256. The van der Waals surface area contributed by atoms with E-state index in [4.69, 9.17) is 10.8 Å². The maximum atomic E-state index is 11.7. The standard InChI is InChI=1S/C21H28O2Si/c1-8-12-19(23-24(6,7)21(3,4)5)15-11-14-18-13-9-10-16-20(18)17(2)22/h1,9-10,13,16,19H,12,15H2,2-7H3. The SMILES string of the molecule is C#CCC(CC#Cc1ccccc1C(C)=O)O[Si](C)(C)C(C)(C)C. The smallest absolute Gasteiger partial charge is 0.192 e. The Morgan fingerprint density at radius 2 is 1.88 bits per heavy atom. The Labute approximate surface area is 148 Å². The van der Waals surface area contributed by atoms with Crippen LogP contribution in [0.15, 0.2) is 24.3 Å². The van der Waals surface area contributed by atoms with Crippen molar-refractivity contribution in [3.8, 4) is 24.2 Å². The highest BCUT2D eigenvalue weighted by Crippen LogP contribution is 2.37. The Bertz CT molecular complexity index is 678. The molecule has 1 rings (SSSR count). The molecular formula is C21H28O2Si. The molecule has 0 N–H and O–H groups in total. The van der Waals surface area contributed by atoms with Crippen LogP contribution in [-0.2, 0) is 4.43 Å². The van der Waals surface area contributed by atoms with E-state index in [1.807, 2.05) is 18.2 Å². The minimum Gasteiger partial charge on any atom is -0.412 e. The van der Waals surface area contributed by atoms with Crippen LogP contribution < -0.4 is 0 Å². The first-order valence-electron chi connectivity index (χ1n) is 8.28. The summed E-state index contributed by atoms with van der Waals surface area (Å²) < 4.78 is 6.39. The molecule has 0 saturated heterocycles. The van der Waals surface area contributed by atoms with E-state index in [0.717, 1.165) is 5.56 Å². The summed E-state index contributed by atoms with van der Waals surface area (Å²) in [5.74, 6) is 8.98. The van der Waals surface area contributed by atoms with Crippen molar-refractivity contribution < 1.29 is 9.22 Å². The number of ketones is 1. The lowest BCUT2D eigenvalue weighted by molar-refractivity contribution is 0.101. The van der Waals surface area contributed by atoms with Gasteiger partial charge in [0.05, 0.1) is 6.10 Å². The largest absolute Gasteiger partial charge is 0.412 e. The van der Waals surface area contributed by atoms with Crippen LogP contribution in [0.5, 0.6) is 0 Å². The fourth-order valence-electron chi connectivity index (χ4n) is 2.04. The molecule has 0 aromatic heterocycles. The average Bonchev–Trinajstić information content (AvgIpc) is 2.46. The Morgan fingerprint density at radius 3 is 2.42 bits per heavy atom. The third-order valence-corrected chi connectivity index (χ3v) is 9.01. The zero-order valence-electron chi connectivity index (χ0n) is 15.7. The summed E-state index contributed by atoms with van der Waals surface area (Å²) in [7, 11) is -1.88. The van der Waals surface area contributed by atoms with Gasteiger partial charge in [-0.05, 0) is 31.1 Å². The van der Waals surface area contributed by atoms with Gasteiger partial charge in [-0.25, -0.2) is 0 Å². The first-order valence-corrected chi connectivity index (χ1v) is 11.2. The van der Waals surface area contributed by atoms with Crippen molar-refractivity contribution >= 4 is 14.1 Å². The van der Waals surface area contributed by atoms with Crippen molar-refractivity contribution in [1.82, 2.24) is 0 Å². The van der Waals surface area contributed by atoms with Gasteiger partial charge in [-0.3, -0.25) is 4.79 Å². The highest BCUT2D eigenvalue weighted by Gasteiger charge is 2.38. The molecule has 24 heavy (non-hydrogen) atoms. The van der Waals surface area contributed by atoms with Crippen LogP contribution in [0.1, 0.15) is 56.5 Å². The molecule has 1 unspecified atom stereocenters. The van der Waals surface area contributed by atoms with Gasteiger partial charge in [0.25, 0.3) is 0 Å². The van der Waals surface area contributed by atoms with Gasteiger partial charge >= 0.3 is 0 Å². The van der Waals surface area contributed by atoms with E-state index >= 15 is 0 Å². The zero-order chi connectivity index (χ0) is 18.4. The lowest BCUT2D eigenvalue weighted by Gasteiger charge is -2.38. The number of Topliss-reactive ketones (excluding diaryl/α,β-unsaturated/α-hetero) is 1. The fourth-order valence-corrected chi connectivity index (χ4v) is 3.39. The van der Waals surface area contributed by atoms with Crippen LogP contribution in [0.3, 0.4) is 0 Å². The van der Waals surface area contributed by atoms with Crippen molar-refractivity contribution in [2.75, 3.05) is 0 Å². The number of carbonyl (C=O) groups excluding carboxylic acids is 1. The number of benzene rings is 1. The van der Waals surface area contributed by atoms with Crippen LogP contribution >= 0.6 is 0 Å². The molecule has 0 heterocycles. The molecule has 0 aliphatic rings. The second-order valence-corrected chi connectivity index (χ2v) is 12.3. The third kappa shape index (κ3) is 5.68. The number of rotatable bonds is 5. The summed E-state index contributed by atoms with van der Waals surface area (Å²) in [4.78, 5) is 11.7. The van der Waals surface area contributed by atoms with Crippen LogP contribution in [0.2, 0.25) is 18.1 Å². The van der Waals surface area contributed by atoms with Crippen LogP contribution in [0.4, 0.5) is 0 Å². The molecule has 0 spiro atoms. The van der Waals surface area contributed by atoms with E-state index < -0.39 is 8.32 Å². The van der Waals surface area contributed by atoms with Gasteiger partial charge in [0.1, 0.15) is 0 Å². The lowest BCUT2D eigenvalue weighted by atomic mass is 10.0. The van der Waals surface area contributed by atoms with Crippen molar-refractivity contribution in [1.29, 1.82) is 0 Å². The maximum absolute atomic E-state index is 11.7. The zero-order valence-corrected chi connectivity index (χ0v) is 16.7. The predicted octanol–water partition coefficient (Wildman–Crippen LogP) is 5.04. The molecule has 0 amide bonds. The summed E-state index contributed by atoms with van der Waals surface area (Å²) in [6, 6.07) is 7.41. The van der Waals surface area contributed by atoms with Crippen LogP contribution in [0, 0.1) is 24.2 Å². The molecule has 0 aliphatic carbocycles. The molecular weight excluding hydrogens is 312 g/mol. The van der Waals surface area contributed by atoms with Gasteiger partial charge in [0.2, 0.25) is 0 Å². The second-order valence-electron chi connectivity index (χ2n) is 7.52. The van der Waals surface area contributed by atoms with E-state index in [1.165, 1.54) is 0 Å². The molecule has 0 saturated carbocycles. The molecule has 0 bridgehead atoms. The van der Waals surface area contributed by atoms with Crippen molar-refractivity contribution in [3.63, 3.8) is 0 Å². The monoisotopic (exact) mass is 340 g/mol. The maximum Gasteiger partial charge on any atom is 0.192 e. The highest BCUT2D eigenvalue weighted by atomic mass is 28.4. The lowest BCUT2D eigenvalue weighted by Crippen LogP contribution is -2.43. The van der Waals surface area contributed by atoms with Crippen molar-refractivity contribution in [2.45, 2.75) is 64.8 Å². The first-order chi connectivity index (χ1) is 11.1. The third-order valence-electron chi connectivity index (χ3n) is 4.47. The van der Waals surface area contributed by atoms with E-state index in [-0.39, 0.29) is 16.9 Å². The Morgan fingerprint density at radius 1 is 1.25 bits per heavy atom. The number of carbonyl (C=O) groups is 1. The highest BCUT2D eigenvalue weighted by molar-refractivity contribution is 6.74. The summed E-state index contributed by atoms with van der Waals surface area (Å²) in [6.45, 7) is 12.6. The van der Waals surface area contributed by atoms with Crippen LogP contribution in [-0.4, -0.2) is 20.2 Å². The number of terminal acetylenes is 1. The Kier molecular flexibility index (Phi) is 7.03. The van der Waals surface area contributed by atoms with Gasteiger partial charge in [-0.1, -0.05) is 50.8 Å². The molecule has 128 valence electrons. The van der Waals surface area contributed by atoms with Gasteiger partial charge in [0.15, 0.2) is 14.1 Å². The van der Waals surface area contributed by atoms with E-state index in [0.29, 0.717) is 18.4 Å². The molecule has 0 radical (unpaired) electrons. The van der Waals surface area contributed by atoms with Gasteiger partial charge in [-0.15, -0.1) is 12.3 Å². The molecule has 2 nitrogen and oxygen atoms in total. The first kappa shape index (κ1) is 20.2. The Balaban J connectivity index is 2.90. The molecule has 1 aromatic carbocycles. The second kappa shape index (κ2) is 8.33. The average molecular weight is 341 g/mol. The van der Waals surface area contributed by atoms with Crippen LogP contribution in [0.25, 0.3) is 0 Å². The summed E-state index contributed by atoms with van der Waals surface area (Å²) in [5, 5.41) is 0.133. The molecule has 0 aliphatic heterocycles. The Hall–Kier alpha value is -1.81. The summed E-state index contributed by atoms with van der Waals surface area (Å²) >= 11 is 0. The topological polar surface area (TPSA) is 26.3 Å². The van der Waals surface area contributed by atoms with Gasteiger partial charge in [0, 0.05) is 24.0 Å². The molecule has 1 aromatic rings. The quantitative estimate of drug-likeness (QED) is 0.426.